The van der Waals surface area contributed by atoms with Crippen molar-refractivity contribution in [1.82, 2.24) is 0 Å². The first-order valence-corrected chi connectivity index (χ1v) is 5.28. The summed E-state index contributed by atoms with van der Waals surface area (Å²) < 4.78 is 30.9. The van der Waals surface area contributed by atoms with E-state index in [1.165, 1.54) is 25.3 Å². The molecule has 0 fully saturated rings. The summed E-state index contributed by atoms with van der Waals surface area (Å²) in [5, 5.41) is 0. The molecule has 5 heteroatoms. The third-order valence-corrected chi connectivity index (χ3v) is 1.71. The summed E-state index contributed by atoms with van der Waals surface area (Å²) in [5.74, 6) is 0.652. The molecule has 0 saturated carbocycles. The maximum atomic E-state index is 10.7. The van der Waals surface area contributed by atoms with Crippen LogP contribution in [-0.2, 0) is 10.1 Å². The Kier molecular flexibility index (Phi) is 2.77. The summed E-state index contributed by atoms with van der Waals surface area (Å²) in [5.41, 5.74) is 0. The minimum absolute atomic E-state index is 0.220. The van der Waals surface area contributed by atoms with Crippen molar-refractivity contribution in [2.24, 2.45) is 0 Å². The molecule has 13 heavy (non-hydrogen) atoms. The Bertz CT molecular complexity index is 383. The maximum absolute atomic E-state index is 10.7. The molecule has 0 unspecified atom stereocenters. The molecular formula is C8H9O4S. The van der Waals surface area contributed by atoms with E-state index in [0.717, 1.165) is 6.26 Å². The SMILES string of the molecule is COc1[c]ccc(OS(C)(=O)=O)c1. The van der Waals surface area contributed by atoms with Crippen molar-refractivity contribution in [3.8, 4) is 11.5 Å². The van der Waals surface area contributed by atoms with Crippen molar-refractivity contribution in [1.29, 1.82) is 0 Å². The fourth-order valence-electron chi connectivity index (χ4n) is 0.769. The highest BCUT2D eigenvalue weighted by molar-refractivity contribution is 7.86. The van der Waals surface area contributed by atoms with Crippen LogP contribution in [0, 0.1) is 6.07 Å². The lowest BCUT2D eigenvalue weighted by atomic mass is 10.3. The average Bonchev–Trinajstić information content (AvgIpc) is 2.01. The lowest BCUT2D eigenvalue weighted by molar-refractivity contribution is 0.411. The molecule has 0 spiro atoms. The molecule has 0 saturated heterocycles. The normalized spacial score (nSPS) is 10.9. The summed E-state index contributed by atoms with van der Waals surface area (Å²) in [6, 6.07) is 7.21. The molecule has 4 nitrogen and oxygen atoms in total. The number of hydrogen-bond donors (Lipinski definition) is 0. The fourth-order valence-corrected chi connectivity index (χ4v) is 1.22. The van der Waals surface area contributed by atoms with Gasteiger partial charge in [0, 0.05) is 12.1 Å². The monoisotopic (exact) mass is 201 g/mol. The second kappa shape index (κ2) is 3.66. The third kappa shape index (κ3) is 3.33. The van der Waals surface area contributed by atoms with E-state index in [4.69, 9.17) is 4.74 Å². The highest BCUT2D eigenvalue weighted by Crippen LogP contribution is 2.19. The van der Waals surface area contributed by atoms with Crippen LogP contribution >= 0.6 is 0 Å². The van der Waals surface area contributed by atoms with E-state index in [-0.39, 0.29) is 5.75 Å². The number of benzene rings is 1. The van der Waals surface area contributed by atoms with Crippen LogP contribution in [0.1, 0.15) is 0 Å². The molecule has 0 amide bonds. The van der Waals surface area contributed by atoms with Crippen LogP contribution in [0.5, 0.6) is 11.5 Å². The van der Waals surface area contributed by atoms with Crippen molar-refractivity contribution < 1.29 is 17.3 Å². The van der Waals surface area contributed by atoms with Gasteiger partial charge in [0.1, 0.15) is 11.5 Å². The average molecular weight is 201 g/mol. The van der Waals surface area contributed by atoms with Crippen molar-refractivity contribution in [2.75, 3.05) is 13.4 Å². The molecule has 71 valence electrons. The molecule has 0 aromatic heterocycles. The number of hydrogen-bond acceptors (Lipinski definition) is 4. The van der Waals surface area contributed by atoms with Crippen LogP contribution in [0.15, 0.2) is 18.2 Å². The van der Waals surface area contributed by atoms with Crippen molar-refractivity contribution in [3.63, 3.8) is 0 Å². The Balaban J connectivity index is 2.90. The van der Waals surface area contributed by atoms with Gasteiger partial charge in [-0.1, -0.05) is 0 Å². The van der Waals surface area contributed by atoms with Gasteiger partial charge in [0.2, 0.25) is 0 Å². The standard InChI is InChI=1S/C8H9O4S/c1-11-7-4-3-5-8(6-7)12-13(2,9)10/h3,5-6H,1-2H3. The lowest BCUT2D eigenvalue weighted by Crippen LogP contribution is -2.05. The highest BCUT2D eigenvalue weighted by atomic mass is 32.2. The summed E-state index contributed by atoms with van der Waals surface area (Å²) in [6.07, 6.45) is 0.982. The maximum Gasteiger partial charge on any atom is 0.306 e. The molecule has 1 aromatic rings. The van der Waals surface area contributed by atoms with E-state index < -0.39 is 10.1 Å². The van der Waals surface area contributed by atoms with Crippen molar-refractivity contribution >= 4 is 10.1 Å². The Morgan fingerprint density at radius 3 is 2.69 bits per heavy atom. The van der Waals surface area contributed by atoms with E-state index in [9.17, 15) is 8.42 Å². The highest BCUT2D eigenvalue weighted by Gasteiger charge is 2.04. The van der Waals surface area contributed by atoms with Gasteiger partial charge in [-0.2, -0.15) is 8.42 Å². The number of rotatable bonds is 3. The van der Waals surface area contributed by atoms with Gasteiger partial charge in [-0.15, -0.1) is 0 Å². The van der Waals surface area contributed by atoms with E-state index in [1.807, 2.05) is 0 Å². The Labute approximate surface area is 77.2 Å². The van der Waals surface area contributed by atoms with Crippen molar-refractivity contribution in [3.05, 3.63) is 24.3 Å². The quantitative estimate of drug-likeness (QED) is 0.680. The molecule has 1 aromatic carbocycles. The predicted octanol–water partition coefficient (Wildman–Crippen LogP) is 0.834. The molecule has 0 atom stereocenters. The minimum atomic E-state index is -3.47. The zero-order valence-electron chi connectivity index (χ0n) is 7.27. The number of methoxy groups -OCH3 is 1. The Morgan fingerprint density at radius 1 is 1.46 bits per heavy atom. The van der Waals surface area contributed by atoms with Crippen LogP contribution in [-0.4, -0.2) is 21.8 Å². The van der Waals surface area contributed by atoms with Gasteiger partial charge in [0.15, 0.2) is 0 Å². The molecule has 0 aliphatic carbocycles. The second-order valence-corrected chi connectivity index (χ2v) is 3.96. The first-order valence-electron chi connectivity index (χ1n) is 3.46. The van der Waals surface area contributed by atoms with Crippen LogP contribution < -0.4 is 8.92 Å². The first-order chi connectivity index (χ1) is 6.01. The van der Waals surface area contributed by atoms with Crippen molar-refractivity contribution in [2.45, 2.75) is 0 Å². The molecule has 1 rings (SSSR count). The zero-order chi connectivity index (χ0) is 9.90. The van der Waals surface area contributed by atoms with Gasteiger partial charge in [0.25, 0.3) is 0 Å². The van der Waals surface area contributed by atoms with Crippen LogP contribution in [0.2, 0.25) is 0 Å². The van der Waals surface area contributed by atoms with Crippen LogP contribution in [0.4, 0.5) is 0 Å². The molecular weight excluding hydrogens is 192 g/mol. The minimum Gasteiger partial charge on any atom is -0.496 e. The van der Waals surface area contributed by atoms with Crippen LogP contribution in [0.3, 0.4) is 0 Å². The summed E-state index contributed by atoms with van der Waals surface area (Å²) in [7, 11) is -2.00. The topological polar surface area (TPSA) is 52.6 Å². The summed E-state index contributed by atoms with van der Waals surface area (Å²) in [6.45, 7) is 0. The largest absolute Gasteiger partial charge is 0.496 e. The Hall–Kier alpha value is -1.23. The number of ether oxygens (including phenoxy) is 1. The summed E-state index contributed by atoms with van der Waals surface area (Å²) in [4.78, 5) is 0. The van der Waals surface area contributed by atoms with Crippen LogP contribution in [0.25, 0.3) is 0 Å². The van der Waals surface area contributed by atoms with E-state index in [2.05, 4.69) is 10.2 Å². The molecule has 0 bridgehead atoms. The predicted molar refractivity (Wildman–Crippen MR) is 47.3 cm³/mol. The van der Waals surface area contributed by atoms with Gasteiger partial charge in [-0.25, -0.2) is 0 Å². The third-order valence-electron chi connectivity index (χ3n) is 1.21. The lowest BCUT2D eigenvalue weighted by Gasteiger charge is -2.03. The smallest absolute Gasteiger partial charge is 0.306 e. The van der Waals surface area contributed by atoms with Gasteiger partial charge in [-0.05, 0) is 12.1 Å². The summed E-state index contributed by atoms with van der Waals surface area (Å²) >= 11 is 0. The molecule has 0 aliphatic rings. The van der Waals surface area contributed by atoms with E-state index in [1.54, 1.807) is 0 Å². The van der Waals surface area contributed by atoms with Gasteiger partial charge < -0.3 is 8.92 Å². The van der Waals surface area contributed by atoms with E-state index in [0.29, 0.717) is 5.75 Å². The first kappa shape index (κ1) is 9.85. The molecule has 0 heterocycles. The van der Waals surface area contributed by atoms with Gasteiger partial charge >= 0.3 is 10.1 Å². The van der Waals surface area contributed by atoms with E-state index >= 15 is 0 Å². The molecule has 0 N–H and O–H groups in total. The van der Waals surface area contributed by atoms with Gasteiger partial charge in [0.05, 0.1) is 13.4 Å². The fraction of sp³-hybridized carbons (Fsp3) is 0.250. The molecule has 0 aliphatic heterocycles. The second-order valence-electron chi connectivity index (χ2n) is 2.38. The Morgan fingerprint density at radius 2 is 2.15 bits per heavy atom. The zero-order valence-corrected chi connectivity index (χ0v) is 8.09. The molecule has 1 radical (unpaired) electrons. The van der Waals surface area contributed by atoms with Gasteiger partial charge in [-0.3, -0.25) is 0 Å².